The Morgan fingerprint density at radius 1 is 1.00 bits per heavy atom. The smallest absolute Gasteiger partial charge is 0.400 e. The Morgan fingerprint density at radius 2 is 1.67 bits per heavy atom. The maximum atomic E-state index is 8.64. The van der Waals surface area contributed by atoms with Crippen LogP contribution in [0.3, 0.4) is 0 Å². The number of benzene rings is 2. The molecule has 18 heavy (non-hydrogen) atoms. The van der Waals surface area contributed by atoms with E-state index >= 15 is 0 Å². The van der Waals surface area contributed by atoms with Gasteiger partial charge in [-0.3, -0.25) is 0 Å². The maximum Gasteiger partial charge on any atom is 0.662 e. The third-order valence-corrected chi connectivity index (χ3v) is 2.79. The average Bonchev–Trinajstić information content (AvgIpc) is 2.36. The highest BCUT2D eigenvalue weighted by Gasteiger charge is 2.25. The minimum atomic E-state index is -1.94. The highest BCUT2D eigenvalue weighted by Crippen LogP contribution is 2.28. The molecule has 2 aromatic carbocycles. The highest BCUT2D eigenvalue weighted by atomic mass is 17.2. The summed E-state index contributed by atoms with van der Waals surface area (Å²) in [5.74, 6) is 0. The van der Waals surface area contributed by atoms with Crippen LogP contribution < -0.4 is 0 Å². The molecule has 0 radical (unpaired) electrons. The summed E-state index contributed by atoms with van der Waals surface area (Å²) in [5, 5.41) is 19.5. The van der Waals surface area contributed by atoms with E-state index in [2.05, 4.69) is 4.81 Å². The highest BCUT2D eigenvalue weighted by molar-refractivity contribution is 6.32. The molecule has 2 rings (SSSR count). The Bertz CT molecular complexity index is 539. The van der Waals surface area contributed by atoms with Crippen LogP contribution in [0.1, 0.15) is 19.4 Å². The summed E-state index contributed by atoms with van der Waals surface area (Å²) < 4.78 is 0. The molecule has 0 spiro atoms. The molecule has 5 heteroatoms. The standard InChI is InChI=1S/C13H15BO4/c1-13(2,17-18-14(15)16)12-8-7-10-5-3-4-6-11(10)9-12/h3-9,15-16H,1-2H3. The van der Waals surface area contributed by atoms with Gasteiger partial charge >= 0.3 is 7.32 Å². The van der Waals surface area contributed by atoms with Gasteiger partial charge in [0.05, 0.1) is 0 Å². The van der Waals surface area contributed by atoms with Gasteiger partial charge in [-0.2, -0.15) is 0 Å². The van der Waals surface area contributed by atoms with Crippen LogP contribution in [0.15, 0.2) is 42.5 Å². The summed E-state index contributed by atoms with van der Waals surface area (Å²) in [7, 11) is -1.94. The lowest BCUT2D eigenvalue weighted by atomic mass is 9.95. The van der Waals surface area contributed by atoms with Gasteiger partial charge in [0, 0.05) is 0 Å². The molecule has 0 saturated heterocycles. The molecule has 0 saturated carbocycles. The summed E-state index contributed by atoms with van der Waals surface area (Å²) in [4.78, 5) is 9.41. The van der Waals surface area contributed by atoms with Crippen molar-refractivity contribution in [1.29, 1.82) is 0 Å². The van der Waals surface area contributed by atoms with Crippen molar-refractivity contribution in [2.45, 2.75) is 19.4 Å². The van der Waals surface area contributed by atoms with Gasteiger partial charge in [-0.25, -0.2) is 9.69 Å². The molecule has 0 aromatic heterocycles. The van der Waals surface area contributed by atoms with E-state index in [-0.39, 0.29) is 0 Å². The summed E-state index contributed by atoms with van der Waals surface area (Å²) in [5.41, 5.74) is 0.121. The van der Waals surface area contributed by atoms with Crippen LogP contribution in [-0.2, 0) is 15.3 Å². The quantitative estimate of drug-likeness (QED) is 0.492. The van der Waals surface area contributed by atoms with Gasteiger partial charge < -0.3 is 10.0 Å². The molecule has 0 atom stereocenters. The molecule has 4 nitrogen and oxygen atoms in total. The van der Waals surface area contributed by atoms with Crippen LogP contribution in [0.4, 0.5) is 0 Å². The molecule has 2 aromatic rings. The molecular formula is C13H15BO4. The first-order chi connectivity index (χ1) is 8.49. The zero-order chi connectivity index (χ0) is 13.2. The lowest BCUT2D eigenvalue weighted by Crippen LogP contribution is -2.27. The minimum absolute atomic E-state index is 0.770. The second kappa shape index (κ2) is 5.08. The van der Waals surface area contributed by atoms with Crippen molar-refractivity contribution in [1.82, 2.24) is 0 Å². The predicted octanol–water partition coefficient (Wildman–Crippen LogP) is 1.99. The Morgan fingerprint density at radius 3 is 2.33 bits per heavy atom. The fraction of sp³-hybridized carbons (Fsp3) is 0.231. The molecule has 0 bridgehead atoms. The number of fused-ring (bicyclic) bond motifs is 1. The van der Waals surface area contributed by atoms with Gasteiger partial charge in [-0.15, -0.1) is 0 Å². The van der Waals surface area contributed by atoms with E-state index in [4.69, 9.17) is 14.9 Å². The molecule has 2 N–H and O–H groups in total. The van der Waals surface area contributed by atoms with Crippen molar-refractivity contribution in [2.24, 2.45) is 0 Å². The molecule has 0 amide bonds. The van der Waals surface area contributed by atoms with E-state index in [9.17, 15) is 0 Å². The molecular weight excluding hydrogens is 231 g/mol. The average molecular weight is 246 g/mol. The van der Waals surface area contributed by atoms with Crippen LogP contribution in [0.2, 0.25) is 0 Å². The lowest BCUT2D eigenvalue weighted by molar-refractivity contribution is -0.307. The van der Waals surface area contributed by atoms with Gasteiger partial charge in [0.25, 0.3) is 0 Å². The summed E-state index contributed by atoms with van der Waals surface area (Å²) in [6, 6.07) is 13.9. The second-order valence-corrected chi connectivity index (χ2v) is 4.58. The summed E-state index contributed by atoms with van der Waals surface area (Å²) in [6.07, 6.45) is 0. The van der Waals surface area contributed by atoms with E-state index in [0.29, 0.717) is 0 Å². The molecule has 0 fully saturated rings. The third-order valence-electron chi connectivity index (χ3n) is 2.79. The van der Waals surface area contributed by atoms with E-state index in [1.165, 1.54) is 0 Å². The summed E-state index contributed by atoms with van der Waals surface area (Å²) >= 11 is 0. The Balaban J connectivity index is 2.29. The number of hydrogen-bond donors (Lipinski definition) is 2. The van der Waals surface area contributed by atoms with Crippen molar-refractivity contribution in [3.8, 4) is 0 Å². The zero-order valence-electron chi connectivity index (χ0n) is 10.3. The van der Waals surface area contributed by atoms with Crippen molar-refractivity contribution < 1.29 is 19.7 Å². The van der Waals surface area contributed by atoms with E-state index in [1.807, 2.05) is 42.5 Å². The van der Waals surface area contributed by atoms with Crippen molar-refractivity contribution >= 4 is 18.1 Å². The van der Waals surface area contributed by atoms with Crippen LogP contribution in [-0.4, -0.2) is 17.4 Å². The number of hydrogen-bond acceptors (Lipinski definition) is 4. The molecule has 0 aliphatic carbocycles. The topological polar surface area (TPSA) is 58.9 Å². The van der Waals surface area contributed by atoms with Crippen LogP contribution in [0.5, 0.6) is 0 Å². The monoisotopic (exact) mass is 246 g/mol. The van der Waals surface area contributed by atoms with E-state index in [1.54, 1.807) is 13.8 Å². The zero-order valence-corrected chi connectivity index (χ0v) is 10.3. The molecule has 0 aliphatic rings. The fourth-order valence-electron chi connectivity index (χ4n) is 1.78. The van der Waals surface area contributed by atoms with Gasteiger partial charge in [-0.1, -0.05) is 36.4 Å². The minimum Gasteiger partial charge on any atom is -0.400 e. The second-order valence-electron chi connectivity index (χ2n) is 4.58. The fourth-order valence-corrected chi connectivity index (χ4v) is 1.78. The van der Waals surface area contributed by atoms with Crippen molar-refractivity contribution in [2.75, 3.05) is 0 Å². The van der Waals surface area contributed by atoms with E-state index in [0.717, 1.165) is 16.3 Å². The first kappa shape index (κ1) is 13.0. The van der Waals surface area contributed by atoms with Crippen LogP contribution in [0.25, 0.3) is 10.8 Å². The normalized spacial score (nSPS) is 11.8. The molecule has 0 unspecified atom stereocenters. The maximum absolute atomic E-state index is 8.64. The Labute approximate surface area is 106 Å². The molecule has 0 aliphatic heterocycles. The molecule has 0 heterocycles. The van der Waals surface area contributed by atoms with Crippen LogP contribution in [0, 0.1) is 0 Å². The van der Waals surface area contributed by atoms with Crippen molar-refractivity contribution in [3.63, 3.8) is 0 Å². The van der Waals surface area contributed by atoms with Gasteiger partial charge in [0.15, 0.2) is 0 Å². The first-order valence-corrected chi connectivity index (χ1v) is 5.69. The first-order valence-electron chi connectivity index (χ1n) is 5.69. The largest absolute Gasteiger partial charge is 0.662 e. The Hall–Kier alpha value is -1.40. The summed E-state index contributed by atoms with van der Waals surface area (Å²) in [6.45, 7) is 3.58. The SMILES string of the molecule is CC(C)(OOB(O)O)c1ccc2ccccc2c1. The van der Waals surface area contributed by atoms with Crippen LogP contribution >= 0.6 is 0 Å². The number of rotatable bonds is 4. The third kappa shape index (κ3) is 2.89. The van der Waals surface area contributed by atoms with E-state index < -0.39 is 12.9 Å². The predicted molar refractivity (Wildman–Crippen MR) is 69.3 cm³/mol. The van der Waals surface area contributed by atoms with Crippen molar-refractivity contribution in [3.05, 3.63) is 48.0 Å². The molecule has 94 valence electrons. The Kier molecular flexibility index (Phi) is 3.68. The van der Waals surface area contributed by atoms with Gasteiger partial charge in [0.2, 0.25) is 0 Å². The van der Waals surface area contributed by atoms with Gasteiger partial charge in [-0.05, 0) is 36.2 Å². The lowest BCUT2D eigenvalue weighted by Gasteiger charge is -2.24. The van der Waals surface area contributed by atoms with Gasteiger partial charge in [0.1, 0.15) is 5.60 Å².